The van der Waals surface area contributed by atoms with Crippen LogP contribution >= 0.6 is 11.3 Å². The zero-order valence-electron chi connectivity index (χ0n) is 11.4. The summed E-state index contributed by atoms with van der Waals surface area (Å²) in [5, 5.41) is 3.61. The molecule has 4 heteroatoms. The first kappa shape index (κ1) is 12.6. The van der Waals surface area contributed by atoms with Gasteiger partial charge in [0.2, 0.25) is 0 Å². The van der Waals surface area contributed by atoms with Gasteiger partial charge in [0.1, 0.15) is 0 Å². The molecule has 1 unspecified atom stereocenters. The van der Waals surface area contributed by atoms with Gasteiger partial charge in [-0.25, -0.2) is 4.98 Å². The second-order valence-corrected chi connectivity index (χ2v) is 6.20. The van der Waals surface area contributed by atoms with E-state index in [1.54, 1.807) is 11.3 Å². The van der Waals surface area contributed by atoms with Gasteiger partial charge in [0, 0.05) is 29.7 Å². The topological polar surface area (TPSA) is 28.2 Å². The summed E-state index contributed by atoms with van der Waals surface area (Å²) in [4.78, 5) is 8.06. The molecular formula is C15H19N3S. The number of rotatable bonds is 4. The van der Waals surface area contributed by atoms with E-state index in [2.05, 4.69) is 53.4 Å². The fourth-order valence-electron chi connectivity index (χ4n) is 2.65. The highest BCUT2D eigenvalue weighted by atomic mass is 32.1. The van der Waals surface area contributed by atoms with Crippen molar-refractivity contribution in [1.29, 1.82) is 0 Å². The van der Waals surface area contributed by atoms with Crippen molar-refractivity contribution < 1.29 is 0 Å². The molecule has 2 aromatic rings. The van der Waals surface area contributed by atoms with Crippen molar-refractivity contribution in [3.63, 3.8) is 0 Å². The number of benzene rings is 1. The number of fused-ring (bicyclic) bond motifs is 1. The predicted molar refractivity (Wildman–Crippen MR) is 80.7 cm³/mol. The Morgan fingerprint density at radius 2 is 2.26 bits per heavy atom. The molecule has 0 radical (unpaired) electrons. The van der Waals surface area contributed by atoms with Gasteiger partial charge < -0.3 is 5.32 Å². The maximum Gasteiger partial charge on any atom is 0.0798 e. The molecule has 100 valence electrons. The van der Waals surface area contributed by atoms with E-state index < -0.39 is 0 Å². The van der Waals surface area contributed by atoms with Crippen LogP contribution in [-0.4, -0.2) is 29.5 Å². The molecule has 0 fully saturated rings. The molecule has 19 heavy (non-hydrogen) atoms. The molecule has 0 bridgehead atoms. The van der Waals surface area contributed by atoms with E-state index in [4.69, 9.17) is 0 Å². The second-order valence-electron chi connectivity index (χ2n) is 5.26. The minimum absolute atomic E-state index is 0.524. The monoisotopic (exact) mass is 273 g/mol. The Morgan fingerprint density at radius 3 is 3.00 bits per heavy atom. The minimum atomic E-state index is 0.524. The van der Waals surface area contributed by atoms with Crippen molar-refractivity contribution in [1.82, 2.24) is 9.88 Å². The van der Waals surface area contributed by atoms with E-state index in [1.165, 1.54) is 21.8 Å². The lowest BCUT2D eigenvalue weighted by atomic mass is 10.1. The number of hydrogen-bond acceptors (Lipinski definition) is 4. The third-order valence-corrected chi connectivity index (χ3v) is 4.55. The summed E-state index contributed by atoms with van der Waals surface area (Å²) in [6.07, 6.45) is 1.13. The third-order valence-electron chi connectivity index (χ3n) is 3.63. The first-order valence-corrected chi connectivity index (χ1v) is 7.52. The van der Waals surface area contributed by atoms with Crippen molar-refractivity contribution in [3.8, 4) is 0 Å². The molecule has 0 spiro atoms. The van der Waals surface area contributed by atoms with Crippen LogP contribution in [0, 0.1) is 6.92 Å². The van der Waals surface area contributed by atoms with Crippen molar-refractivity contribution >= 4 is 17.0 Å². The number of aryl methyl sites for hydroxylation is 1. The van der Waals surface area contributed by atoms with Gasteiger partial charge in [0.25, 0.3) is 0 Å². The average molecular weight is 273 g/mol. The standard InChI is InChI=1S/C15H19N3S/c1-11-15(19-10-16-11)9-18(2)8-13-7-12-5-3-4-6-14(12)17-13/h3-6,10,13,17H,7-9H2,1-2H3. The van der Waals surface area contributed by atoms with Gasteiger partial charge in [-0.3, -0.25) is 4.90 Å². The molecule has 1 aromatic carbocycles. The molecule has 3 rings (SSSR count). The third kappa shape index (κ3) is 2.80. The Hall–Kier alpha value is -1.39. The van der Waals surface area contributed by atoms with Gasteiger partial charge >= 0.3 is 0 Å². The average Bonchev–Trinajstić information content (AvgIpc) is 2.95. The number of para-hydroxylation sites is 1. The Morgan fingerprint density at radius 1 is 1.42 bits per heavy atom. The molecular weight excluding hydrogens is 254 g/mol. The zero-order valence-corrected chi connectivity index (χ0v) is 12.2. The molecule has 0 saturated heterocycles. The van der Waals surface area contributed by atoms with E-state index in [9.17, 15) is 0 Å². The van der Waals surface area contributed by atoms with Crippen molar-refractivity contribution in [2.24, 2.45) is 0 Å². The molecule has 1 aromatic heterocycles. The highest BCUT2D eigenvalue weighted by Gasteiger charge is 2.21. The Bertz CT molecular complexity index is 539. The van der Waals surface area contributed by atoms with Crippen molar-refractivity contribution in [2.75, 3.05) is 18.9 Å². The van der Waals surface area contributed by atoms with E-state index in [0.717, 1.165) is 19.5 Å². The van der Waals surface area contributed by atoms with Crippen LogP contribution in [0.15, 0.2) is 29.8 Å². The van der Waals surface area contributed by atoms with Crippen LogP contribution in [0.4, 0.5) is 5.69 Å². The van der Waals surface area contributed by atoms with Gasteiger partial charge in [-0.2, -0.15) is 0 Å². The first-order valence-electron chi connectivity index (χ1n) is 6.64. The predicted octanol–water partition coefficient (Wildman–Crippen LogP) is 2.92. The summed E-state index contributed by atoms with van der Waals surface area (Å²) in [6.45, 7) is 4.14. The lowest BCUT2D eigenvalue weighted by molar-refractivity contribution is 0.314. The lowest BCUT2D eigenvalue weighted by Gasteiger charge is -2.21. The van der Waals surface area contributed by atoms with Crippen LogP contribution in [0.25, 0.3) is 0 Å². The largest absolute Gasteiger partial charge is 0.380 e. The second kappa shape index (κ2) is 5.31. The quantitative estimate of drug-likeness (QED) is 0.928. The normalized spacial score (nSPS) is 17.5. The smallest absolute Gasteiger partial charge is 0.0798 e. The van der Waals surface area contributed by atoms with Crippen LogP contribution in [0.3, 0.4) is 0 Å². The summed E-state index contributed by atoms with van der Waals surface area (Å²) in [5.74, 6) is 0. The fourth-order valence-corrected chi connectivity index (χ4v) is 3.51. The van der Waals surface area contributed by atoms with Gasteiger partial charge in [0.15, 0.2) is 0 Å². The minimum Gasteiger partial charge on any atom is -0.380 e. The fraction of sp³-hybridized carbons (Fsp3) is 0.400. The highest BCUT2D eigenvalue weighted by molar-refractivity contribution is 7.09. The number of anilines is 1. The SMILES string of the molecule is Cc1ncsc1CN(C)CC1Cc2ccccc2N1. The Labute approximate surface area is 118 Å². The number of aromatic nitrogens is 1. The lowest BCUT2D eigenvalue weighted by Crippen LogP contribution is -2.32. The molecule has 0 aliphatic carbocycles. The number of hydrogen-bond donors (Lipinski definition) is 1. The number of nitrogens with one attached hydrogen (secondary N) is 1. The Balaban J connectivity index is 1.57. The van der Waals surface area contributed by atoms with Gasteiger partial charge in [-0.05, 0) is 32.0 Å². The van der Waals surface area contributed by atoms with Crippen LogP contribution in [0.5, 0.6) is 0 Å². The van der Waals surface area contributed by atoms with Crippen LogP contribution in [0.2, 0.25) is 0 Å². The Kier molecular flexibility index (Phi) is 3.53. The maximum atomic E-state index is 4.31. The molecule has 2 heterocycles. The van der Waals surface area contributed by atoms with Crippen LogP contribution < -0.4 is 5.32 Å². The number of likely N-dealkylation sites (N-methyl/N-ethyl adjacent to an activating group) is 1. The molecule has 1 aliphatic heterocycles. The maximum absolute atomic E-state index is 4.31. The molecule has 3 nitrogen and oxygen atoms in total. The van der Waals surface area contributed by atoms with E-state index >= 15 is 0 Å². The van der Waals surface area contributed by atoms with E-state index in [0.29, 0.717) is 6.04 Å². The molecule has 0 saturated carbocycles. The summed E-state index contributed by atoms with van der Waals surface area (Å²) in [5.41, 5.74) is 5.84. The molecule has 1 N–H and O–H groups in total. The zero-order chi connectivity index (χ0) is 13.2. The summed E-state index contributed by atoms with van der Waals surface area (Å²) in [7, 11) is 2.18. The number of thiazole rings is 1. The first-order chi connectivity index (χ1) is 9.22. The summed E-state index contributed by atoms with van der Waals surface area (Å²) in [6, 6.07) is 9.13. The van der Waals surface area contributed by atoms with Crippen LogP contribution in [0.1, 0.15) is 16.1 Å². The van der Waals surface area contributed by atoms with Gasteiger partial charge in [-0.15, -0.1) is 11.3 Å². The van der Waals surface area contributed by atoms with E-state index in [1.807, 2.05) is 5.51 Å². The van der Waals surface area contributed by atoms with Crippen molar-refractivity contribution in [2.45, 2.75) is 25.9 Å². The number of nitrogens with zero attached hydrogens (tertiary/aromatic N) is 2. The molecule has 1 aliphatic rings. The molecule has 1 atom stereocenters. The summed E-state index contributed by atoms with van der Waals surface area (Å²) < 4.78 is 0. The molecule has 0 amide bonds. The van der Waals surface area contributed by atoms with Gasteiger partial charge in [-0.1, -0.05) is 18.2 Å². The summed E-state index contributed by atoms with van der Waals surface area (Å²) >= 11 is 1.75. The highest BCUT2D eigenvalue weighted by Crippen LogP contribution is 2.25. The van der Waals surface area contributed by atoms with E-state index in [-0.39, 0.29) is 0 Å². The van der Waals surface area contributed by atoms with Crippen LogP contribution in [-0.2, 0) is 13.0 Å². The van der Waals surface area contributed by atoms with Gasteiger partial charge in [0.05, 0.1) is 11.2 Å². The van der Waals surface area contributed by atoms with Crippen molar-refractivity contribution in [3.05, 3.63) is 45.9 Å².